The molecule has 0 bridgehead atoms. The van der Waals surface area contributed by atoms with Crippen LogP contribution < -0.4 is 5.32 Å². The Labute approximate surface area is 181 Å². The second-order valence-corrected chi connectivity index (χ2v) is 7.41. The van der Waals surface area contributed by atoms with Crippen LogP contribution in [0, 0.1) is 0 Å². The van der Waals surface area contributed by atoms with E-state index in [9.17, 15) is 14.7 Å². The lowest BCUT2D eigenvalue weighted by molar-refractivity contribution is -0.139. The summed E-state index contributed by atoms with van der Waals surface area (Å²) in [5, 5.41) is 11.9. The van der Waals surface area contributed by atoms with Crippen LogP contribution in [-0.2, 0) is 9.53 Å². The smallest absolute Gasteiger partial charge is 0.407 e. The van der Waals surface area contributed by atoms with Crippen molar-refractivity contribution in [2.24, 2.45) is 0 Å². The van der Waals surface area contributed by atoms with E-state index in [4.69, 9.17) is 4.74 Å². The maximum atomic E-state index is 12.4. The predicted molar refractivity (Wildman–Crippen MR) is 120 cm³/mol. The number of carboxylic acids is 1. The summed E-state index contributed by atoms with van der Waals surface area (Å²) < 4.78 is 5.45. The molecular formula is C26H23NO4. The van der Waals surface area contributed by atoms with Crippen molar-refractivity contribution in [1.29, 1.82) is 0 Å². The summed E-state index contributed by atoms with van der Waals surface area (Å²) in [6, 6.07) is 24.6. The largest absolute Gasteiger partial charge is 0.480 e. The maximum Gasteiger partial charge on any atom is 0.407 e. The zero-order valence-corrected chi connectivity index (χ0v) is 16.9. The van der Waals surface area contributed by atoms with E-state index >= 15 is 0 Å². The second-order valence-electron chi connectivity index (χ2n) is 7.41. The highest BCUT2D eigenvalue weighted by atomic mass is 16.5. The highest BCUT2D eigenvalue weighted by Crippen LogP contribution is 2.44. The van der Waals surface area contributed by atoms with Gasteiger partial charge in [0.15, 0.2) is 0 Å². The molecule has 0 spiro atoms. The third-order valence-electron chi connectivity index (χ3n) is 5.42. The Hall–Kier alpha value is -3.86. The minimum Gasteiger partial charge on any atom is -0.480 e. The van der Waals surface area contributed by atoms with E-state index in [1.165, 1.54) is 0 Å². The summed E-state index contributed by atoms with van der Waals surface area (Å²) in [6.45, 7) is 0.145. The van der Waals surface area contributed by atoms with Crippen LogP contribution in [0.5, 0.6) is 0 Å². The molecule has 1 atom stereocenters. The molecule has 0 radical (unpaired) electrons. The average molecular weight is 413 g/mol. The number of amides is 1. The Morgan fingerprint density at radius 1 is 0.903 bits per heavy atom. The molecule has 4 rings (SSSR count). The number of carbonyl (C=O) groups excluding carboxylic acids is 1. The first-order valence-corrected chi connectivity index (χ1v) is 10.2. The molecule has 1 aliphatic rings. The van der Waals surface area contributed by atoms with E-state index in [1.54, 1.807) is 6.08 Å². The molecule has 0 saturated carbocycles. The maximum absolute atomic E-state index is 12.4. The van der Waals surface area contributed by atoms with Gasteiger partial charge in [-0.05, 0) is 34.2 Å². The Morgan fingerprint density at radius 3 is 2.10 bits per heavy atom. The summed E-state index contributed by atoms with van der Waals surface area (Å²) in [5.74, 6) is -1.18. The number of hydrogen-bond acceptors (Lipinski definition) is 3. The van der Waals surface area contributed by atoms with Crippen LogP contribution in [0.2, 0.25) is 0 Å². The minimum atomic E-state index is -1.11. The molecule has 0 fully saturated rings. The molecule has 156 valence electrons. The molecule has 0 saturated heterocycles. The molecule has 0 heterocycles. The van der Waals surface area contributed by atoms with Crippen molar-refractivity contribution in [3.63, 3.8) is 0 Å². The van der Waals surface area contributed by atoms with E-state index in [0.29, 0.717) is 0 Å². The molecule has 31 heavy (non-hydrogen) atoms. The van der Waals surface area contributed by atoms with Gasteiger partial charge >= 0.3 is 12.1 Å². The number of benzene rings is 3. The molecular weight excluding hydrogens is 390 g/mol. The molecule has 1 aliphatic carbocycles. The van der Waals surface area contributed by atoms with E-state index < -0.39 is 18.1 Å². The monoisotopic (exact) mass is 413 g/mol. The fraction of sp³-hybridized carbons (Fsp3) is 0.154. The molecule has 0 aromatic heterocycles. The molecule has 5 nitrogen and oxygen atoms in total. The quantitative estimate of drug-likeness (QED) is 0.566. The number of aliphatic carboxylic acids is 1. The van der Waals surface area contributed by atoms with Gasteiger partial charge in [-0.2, -0.15) is 0 Å². The fourth-order valence-corrected chi connectivity index (χ4v) is 3.91. The van der Waals surface area contributed by atoms with E-state index in [-0.39, 0.29) is 18.9 Å². The number of alkyl carbamates (subject to hydrolysis) is 1. The summed E-state index contributed by atoms with van der Waals surface area (Å²) in [4.78, 5) is 23.9. The lowest BCUT2D eigenvalue weighted by Gasteiger charge is -2.16. The summed E-state index contributed by atoms with van der Waals surface area (Å²) in [5.41, 5.74) is 5.46. The molecule has 1 amide bonds. The van der Waals surface area contributed by atoms with Gasteiger partial charge in [0.05, 0.1) is 0 Å². The van der Waals surface area contributed by atoms with E-state index in [2.05, 4.69) is 17.4 Å². The third kappa shape index (κ3) is 4.67. The second kappa shape index (κ2) is 9.30. The molecule has 0 unspecified atom stereocenters. The number of carbonyl (C=O) groups is 2. The van der Waals surface area contributed by atoms with E-state index in [0.717, 1.165) is 27.8 Å². The normalized spacial score (nSPS) is 13.4. The predicted octanol–water partition coefficient (Wildman–Crippen LogP) is 5.08. The van der Waals surface area contributed by atoms with Gasteiger partial charge in [0, 0.05) is 5.92 Å². The molecule has 3 aromatic carbocycles. The molecule has 2 N–H and O–H groups in total. The van der Waals surface area contributed by atoms with Gasteiger partial charge in [0.25, 0.3) is 0 Å². The number of carboxylic acid groups (broad SMARTS) is 1. The third-order valence-corrected chi connectivity index (χ3v) is 5.42. The van der Waals surface area contributed by atoms with Crippen molar-refractivity contribution in [2.75, 3.05) is 6.61 Å². The minimum absolute atomic E-state index is 0.0700. The van der Waals surface area contributed by atoms with Gasteiger partial charge < -0.3 is 15.2 Å². The van der Waals surface area contributed by atoms with Crippen LogP contribution in [0.3, 0.4) is 0 Å². The van der Waals surface area contributed by atoms with Gasteiger partial charge in [-0.25, -0.2) is 9.59 Å². The van der Waals surface area contributed by atoms with Crippen LogP contribution >= 0.6 is 0 Å². The van der Waals surface area contributed by atoms with Crippen molar-refractivity contribution < 1.29 is 19.4 Å². The first kappa shape index (κ1) is 20.4. The van der Waals surface area contributed by atoms with Crippen molar-refractivity contribution in [1.82, 2.24) is 5.32 Å². The Kier molecular flexibility index (Phi) is 6.13. The SMILES string of the molecule is O=C(N[C@H](CC=Cc1ccccc1)C(=O)O)OCC1c2ccccc2-c2ccccc21. The van der Waals surface area contributed by atoms with Crippen molar-refractivity contribution >= 4 is 18.1 Å². The Morgan fingerprint density at radius 2 is 1.48 bits per heavy atom. The standard InChI is InChI=1S/C26H23NO4/c28-25(29)24(16-8-11-18-9-2-1-3-10-18)27-26(30)31-17-23-21-14-6-4-12-19(21)20-13-5-7-15-22(20)23/h1-15,23-24H,16-17H2,(H,27,30)(H,28,29)/t24-/m1/s1. The average Bonchev–Trinajstić information content (AvgIpc) is 3.11. The van der Waals surface area contributed by atoms with Crippen LogP contribution in [-0.4, -0.2) is 29.8 Å². The Balaban J connectivity index is 1.38. The number of ether oxygens (including phenoxy) is 1. The van der Waals surface area contributed by atoms with Gasteiger partial charge in [-0.3, -0.25) is 0 Å². The van der Waals surface area contributed by atoms with Crippen molar-refractivity contribution in [3.8, 4) is 11.1 Å². The highest BCUT2D eigenvalue weighted by Gasteiger charge is 2.29. The van der Waals surface area contributed by atoms with Crippen LogP contribution in [0.4, 0.5) is 4.79 Å². The van der Waals surface area contributed by atoms with Gasteiger partial charge in [-0.1, -0.05) is 91.0 Å². The summed E-state index contributed by atoms with van der Waals surface area (Å²) in [7, 11) is 0. The van der Waals surface area contributed by atoms with Crippen molar-refractivity contribution in [3.05, 3.63) is 102 Å². The highest BCUT2D eigenvalue weighted by molar-refractivity contribution is 5.81. The zero-order valence-electron chi connectivity index (χ0n) is 16.9. The number of rotatable bonds is 7. The molecule has 5 heteroatoms. The number of nitrogens with one attached hydrogen (secondary N) is 1. The van der Waals surface area contributed by atoms with Crippen LogP contribution in [0.25, 0.3) is 17.2 Å². The summed E-state index contributed by atoms with van der Waals surface area (Å²) in [6.07, 6.45) is 2.99. The fourth-order valence-electron chi connectivity index (χ4n) is 3.91. The van der Waals surface area contributed by atoms with Gasteiger partial charge in [0.1, 0.15) is 12.6 Å². The van der Waals surface area contributed by atoms with Crippen LogP contribution in [0.15, 0.2) is 84.9 Å². The first-order chi connectivity index (χ1) is 15.1. The summed E-state index contributed by atoms with van der Waals surface area (Å²) >= 11 is 0. The Bertz CT molecular complexity index is 1060. The zero-order chi connectivity index (χ0) is 21.6. The van der Waals surface area contributed by atoms with Crippen LogP contribution in [0.1, 0.15) is 29.0 Å². The number of hydrogen-bond donors (Lipinski definition) is 2. The van der Waals surface area contributed by atoms with Gasteiger partial charge in [0.2, 0.25) is 0 Å². The van der Waals surface area contributed by atoms with Crippen molar-refractivity contribution in [2.45, 2.75) is 18.4 Å². The lowest BCUT2D eigenvalue weighted by Crippen LogP contribution is -2.41. The first-order valence-electron chi connectivity index (χ1n) is 10.2. The topological polar surface area (TPSA) is 75.6 Å². The van der Waals surface area contributed by atoms with E-state index in [1.807, 2.05) is 72.8 Å². The lowest BCUT2D eigenvalue weighted by atomic mass is 9.98. The van der Waals surface area contributed by atoms with Gasteiger partial charge in [-0.15, -0.1) is 0 Å². The molecule has 3 aromatic rings. The molecule has 0 aliphatic heterocycles. The number of fused-ring (bicyclic) bond motifs is 3.